The number of ether oxygens (including phenoxy) is 2. The molecular weight excluding hydrogens is 418 g/mol. The lowest BCUT2D eigenvalue weighted by Gasteiger charge is -2.14. The number of hydrogen-bond acceptors (Lipinski definition) is 8. The van der Waals surface area contributed by atoms with Crippen LogP contribution in [-0.2, 0) is 6.42 Å². The zero-order valence-electron chi connectivity index (χ0n) is 17.7. The zero-order chi connectivity index (χ0) is 22.4. The molecule has 9 nitrogen and oxygen atoms in total. The number of nitrogens with zero attached hydrogens (tertiary/aromatic N) is 5. The average molecular weight is 442 g/mol. The van der Waals surface area contributed by atoms with E-state index in [9.17, 15) is 10.1 Å². The van der Waals surface area contributed by atoms with E-state index in [2.05, 4.69) is 15.3 Å². The van der Waals surface area contributed by atoms with Gasteiger partial charge in [-0.1, -0.05) is 42.1 Å². The number of thioether (sulfide) groups is 1. The summed E-state index contributed by atoms with van der Waals surface area (Å²) in [7, 11) is 1.44. The predicted molar refractivity (Wildman–Crippen MR) is 119 cm³/mol. The monoisotopic (exact) mass is 441 g/mol. The zero-order valence-corrected chi connectivity index (χ0v) is 18.5. The van der Waals surface area contributed by atoms with E-state index in [0.29, 0.717) is 23.0 Å². The van der Waals surface area contributed by atoms with Crippen LogP contribution in [0.15, 0.2) is 52.7 Å². The number of benzene rings is 2. The SMILES string of the molecule is COc1cc(/C=N\n2c(Cc3ccccc3)nnc2SC)cc([N+](=O)[O-])c1OC(C)C. The highest BCUT2D eigenvalue weighted by molar-refractivity contribution is 7.98. The van der Waals surface area contributed by atoms with Crippen LogP contribution in [0.4, 0.5) is 5.69 Å². The smallest absolute Gasteiger partial charge is 0.315 e. The van der Waals surface area contributed by atoms with E-state index in [1.54, 1.807) is 24.6 Å². The summed E-state index contributed by atoms with van der Waals surface area (Å²) in [5.41, 5.74) is 1.38. The van der Waals surface area contributed by atoms with Crippen LogP contribution in [0, 0.1) is 10.1 Å². The van der Waals surface area contributed by atoms with Crippen LogP contribution in [0.1, 0.15) is 30.8 Å². The molecule has 10 heteroatoms. The summed E-state index contributed by atoms with van der Waals surface area (Å²) in [6.07, 6.45) is 3.71. The minimum atomic E-state index is -0.496. The van der Waals surface area contributed by atoms with E-state index in [0.717, 1.165) is 5.56 Å². The number of aromatic nitrogens is 3. The molecule has 0 bridgehead atoms. The molecule has 0 saturated carbocycles. The molecule has 0 fully saturated rings. The normalized spacial score (nSPS) is 11.3. The van der Waals surface area contributed by atoms with Gasteiger partial charge in [0, 0.05) is 18.1 Å². The van der Waals surface area contributed by atoms with Crippen molar-refractivity contribution < 1.29 is 14.4 Å². The van der Waals surface area contributed by atoms with Crippen LogP contribution in [0.3, 0.4) is 0 Å². The molecule has 0 amide bonds. The van der Waals surface area contributed by atoms with Gasteiger partial charge in [-0.3, -0.25) is 10.1 Å². The maximum absolute atomic E-state index is 11.6. The molecule has 3 aromatic rings. The van der Waals surface area contributed by atoms with Crippen molar-refractivity contribution in [3.63, 3.8) is 0 Å². The molecule has 0 aliphatic rings. The van der Waals surface area contributed by atoms with Gasteiger partial charge in [0.1, 0.15) is 0 Å². The van der Waals surface area contributed by atoms with E-state index < -0.39 is 4.92 Å². The Morgan fingerprint density at radius 1 is 1.26 bits per heavy atom. The molecule has 0 N–H and O–H groups in total. The quantitative estimate of drug-likeness (QED) is 0.212. The van der Waals surface area contributed by atoms with Crippen molar-refractivity contribution in [3.8, 4) is 11.5 Å². The number of nitro benzene ring substituents is 1. The lowest BCUT2D eigenvalue weighted by Crippen LogP contribution is -2.09. The first-order valence-electron chi connectivity index (χ1n) is 9.52. The largest absolute Gasteiger partial charge is 0.493 e. The number of nitro groups is 1. The second-order valence-corrected chi connectivity index (χ2v) is 7.59. The van der Waals surface area contributed by atoms with Crippen molar-refractivity contribution in [1.29, 1.82) is 0 Å². The molecule has 0 aliphatic heterocycles. The minimum Gasteiger partial charge on any atom is -0.493 e. The van der Waals surface area contributed by atoms with Crippen LogP contribution in [0.2, 0.25) is 0 Å². The number of rotatable bonds is 9. The van der Waals surface area contributed by atoms with Gasteiger partial charge in [-0.15, -0.1) is 10.2 Å². The molecule has 0 radical (unpaired) electrons. The molecule has 2 aromatic carbocycles. The van der Waals surface area contributed by atoms with Crippen LogP contribution >= 0.6 is 11.8 Å². The first kappa shape index (κ1) is 22.3. The van der Waals surface area contributed by atoms with E-state index in [-0.39, 0.29) is 23.3 Å². The van der Waals surface area contributed by atoms with Gasteiger partial charge in [0.2, 0.25) is 10.9 Å². The summed E-state index contributed by atoms with van der Waals surface area (Å²) in [6.45, 7) is 3.59. The highest BCUT2D eigenvalue weighted by atomic mass is 32.2. The van der Waals surface area contributed by atoms with Crippen LogP contribution < -0.4 is 9.47 Å². The van der Waals surface area contributed by atoms with E-state index in [1.807, 2.05) is 36.6 Å². The second-order valence-electron chi connectivity index (χ2n) is 6.82. The maximum Gasteiger partial charge on any atom is 0.315 e. The van der Waals surface area contributed by atoms with Crippen molar-refractivity contribution in [2.24, 2.45) is 5.10 Å². The Bertz CT molecular complexity index is 1080. The second kappa shape index (κ2) is 10.1. The van der Waals surface area contributed by atoms with Crippen molar-refractivity contribution in [3.05, 3.63) is 69.5 Å². The van der Waals surface area contributed by atoms with Crippen molar-refractivity contribution in [2.45, 2.75) is 31.5 Å². The van der Waals surface area contributed by atoms with Gasteiger partial charge in [-0.25, -0.2) is 0 Å². The van der Waals surface area contributed by atoms with Crippen molar-refractivity contribution >= 4 is 23.7 Å². The summed E-state index contributed by atoms with van der Waals surface area (Å²) in [5, 5.41) is 25.1. The minimum absolute atomic E-state index is 0.0958. The van der Waals surface area contributed by atoms with E-state index in [1.165, 1.54) is 31.2 Å². The molecule has 31 heavy (non-hydrogen) atoms. The molecular formula is C21H23N5O4S. The summed E-state index contributed by atoms with van der Waals surface area (Å²) in [6, 6.07) is 12.9. The summed E-state index contributed by atoms with van der Waals surface area (Å²) in [5.74, 6) is 1.02. The fourth-order valence-electron chi connectivity index (χ4n) is 2.88. The fraction of sp³-hybridized carbons (Fsp3) is 0.286. The van der Waals surface area contributed by atoms with E-state index >= 15 is 0 Å². The molecule has 1 aromatic heterocycles. The number of methoxy groups -OCH3 is 1. The Hall–Kier alpha value is -3.40. The summed E-state index contributed by atoms with van der Waals surface area (Å²) < 4.78 is 12.6. The third-order valence-electron chi connectivity index (χ3n) is 4.21. The van der Waals surface area contributed by atoms with Gasteiger partial charge in [0.25, 0.3) is 0 Å². The van der Waals surface area contributed by atoms with Gasteiger partial charge in [-0.2, -0.15) is 9.78 Å². The molecule has 3 rings (SSSR count). The summed E-state index contributed by atoms with van der Waals surface area (Å²) in [4.78, 5) is 11.1. The lowest BCUT2D eigenvalue weighted by atomic mass is 10.1. The number of hydrogen-bond donors (Lipinski definition) is 0. The Morgan fingerprint density at radius 3 is 2.61 bits per heavy atom. The third kappa shape index (κ3) is 5.40. The predicted octanol–water partition coefficient (Wildman–Crippen LogP) is 4.18. The molecule has 0 spiro atoms. The average Bonchev–Trinajstić information content (AvgIpc) is 3.14. The van der Waals surface area contributed by atoms with Gasteiger partial charge in [0.15, 0.2) is 11.6 Å². The Kier molecular flexibility index (Phi) is 7.24. The molecule has 162 valence electrons. The Labute approximate surface area is 184 Å². The maximum atomic E-state index is 11.6. The first-order valence-corrected chi connectivity index (χ1v) is 10.7. The van der Waals surface area contributed by atoms with Gasteiger partial charge in [0.05, 0.1) is 24.4 Å². The third-order valence-corrected chi connectivity index (χ3v) is 4.83. The highest BCUT2D eigenvalue weighted by Crippen LogP contribution is 2.38. The lowest BCUT2D eigenvalue weighted by molar-refractivity contribution is -0.386. The molecule has 0 aliphatic carbocycles. The van der Waals surface area contributed by atoms with Crippen LogP contribution in [0.25, 0.3) is 0 Å². The van der Waals surface area contributed by atoms with Crippen molar-refractivity contribution in [1.82, 2.24) is 14.9 Å². The highest BCUT2D eigenvalue weighted by Gasteiger charge is 2.23. The van der Waals surface area contributed by atoms with Crippen LogP contribution in [0.5, 0.6) is 11.5 Å². The molecule has 0 atom stereocenters. The Morgan fingerprint density at radius 2 is 2.00 bits per heavy atom. The topological polar surface area (TPSA) is 105 Å². The standard InChI is InChI=1S/C21H23N5O4S/c1-14(2)30-20-17(26(27)28)10-16(11-18(20)29-3)13-22-25-19(23-24-21(25)31-4)12-15-8-6-5-7-9-15/h5-11,13-14H,12H2,1-4H3/b22-13-. The van der Waals surface area contributed by atoms with Crippen LogP contribution in [-0.4, -0.2) is 45.5 Å². The van der Waals surface area contributed by atoms with Gasteiger partial charge >= 0.3 is 5.69 Å². The Balaban J connectivity index is 1.99. The van der Waals surface area contributed by atoms with Crippen molar-refractivity contribution in [2.75, 3.05) is 13.4 Å². The first-order chi connectivity index (χ1) is 14.9. The molecule has 0 unspecified atom stereocenters. The fourth-order valence-corrected chi connectivity index (χ4v) is 3.32. The van der Waals surface area contributed by atoms with Gasteiger partial charge in [-0.05, 0) is 31.7 Å². The molecule has 1 heterocycles. The molecule has 0 saturated heterocycles. The summed E-state index contributed by atoms with van der Waals surface area (Å²) >= 11 is 1.41. The van der Waals surface area contributed by atoms with Gasteiger partial charge < -0.3 is 9.47 Å². The van der Waals surface area contributed by atoms with E-state index in [4.69, 9.17) is 9.47 Å².